The zero-order valence-corrected chi connectivity index (χ0v) is 14.0. The summed E-state index contributed by atoms with van der Waals surface area (Å²) in [6.45, 7) is 1.59. The number of imidazole rings is 1. The molecule has 24 heavy (non-hydrogen) atoms. The predicted octanol–water partition coefficient (Wildman–Crippen LogP) is 2.36. The molecule has 6 nitrogen and oxygen atoms in total. The summed E-state index contributed by atoms with van der Waals surface area (Å²) in [5.41, 5.74) is 1.63. The summed E-state index contributed by atoms with van der Waals surface area (Å²) >= 11 is 1.49. The van der Waals surface area contributed by atoms with Crippen molar-refractivity contribution >= 4 is 28.2 Å². The van der Waals surface area contributed by atoms with Crippen LogP contribution in [0.5, 0.6) is 0 Å². The summed E-state index contributed by atoms with van der Waals surface area (Å²) in [5.74, 6) is -0.797. The maximum absolute atomic E-state index is 11.9. The maximum Gasteiger partial charge on any atom is 0.312 e. The number of fused-ring (bicyclic) bond motifs is 1. The molecule has 0 aliphatic heterocycles. The van der Waals surface area contributed by atoms with E-state index in [-0.39, 0.29) is 25.0 Å². The van der Waals surface area contributed by atoms with Gasteiger partial charge < -0.3 is 10.1 Å². The lowest BCUT2D eigenvalue weighted by atomic mass is 10.1. The zero-order valence-electron chi connectivity index (χ0n) is 13.1. The minimum absolute atomic E-state index is 0.0515. The third-order valence-corrected chi connectivity index (χ3v) is 4.28. The Morgan fingerprint density at radius 2 is 2.12 bits per heavy atom. The number of nitrogens with one attached hydrogen (secondary N) is 1. The van der Waals surface area contributed by atoms with Gasteiger partial charge in [0, 0.05) is 17.8 Å². The van der Waals surface area contributed by atoms with Crippen molar-refractivity contribution in [1.29, 1.82) is 0 Å². The Morgan fingerprint density at radius 3 is 2.88 bits per heavy atom. The van der Waals surface area contributed by atoms with Crippen LogP contribution in [0.25, 0.3) is 4.96 Å². The fourth-order valence-electron chi connectivity index (χ4n) is 2.31. The highest BCUT2D eigenvalue weighted by Crippen LogP contribution is 2.12. The monoisotopic (exact) mass is 343 g/mol. The maximum atomic E-state index is 11.9. The summed E-state index contributed by atoms with van der Waals surface area (Å²) in [7, 11) is 0. The van der Waals surface area contributed by atoms with Crippen LogP contribution in [-0.4, -0.2) is 27.9 Å². The molecule has 3 rings (SSSR count). The summed E-state index contributed by atoms with van der Waals surface area (Å²) in [6.07, 6.45) is 3.71. The first-order chi connectivity index (χ1) is 11.6. The number of esters is 1. The van der Waals surface area contributed by atoms with Crippen molar-refractivity contribution in [2.45, 2.75) is 19.4 Å². The van der Waals surface area contributed by atoms with Gasteiger partial charge in [-0.3, -0.25) is 14.0 Å². The summed E-state index contributed by atoms with van der Waals surface area (Å²) in [5, 5.41) is 4.72. The number of hydrogen-bond acceptors (Lipinski definition) is 5. The number of thiazole rings is 1. The smallest absolute Gasteiger partial charge is 0.312 e. The van der Waals surface area contributed by atoms with E-state index in [0.717, 1.165) is 10.5 Å². The van der Waals surface area contributed by atoms with E-state index in [4.69, 9.17) is 4.74 Å². The minimum atomic E-state index is -0.469. The van der Waals surface area contributed by atoms with E-state index in [9.17, 15) is 9.59 Å². The van der Waals surface area contributed by atoms with E-state index in [1.54, 1.807) is 6.20 Å². The molecular formula is C17H17N3O3S. The van der Waals surface area contributed by atoms with Crippen molar-refractivity contribution in [1.82, 2.24) is 14.7 Å². The standard InChI is InChI=1S/C17H17N3O3S/c1-12(13-5-3-2-4-6-13)18-15(21)11-23-16(22)9-14-10-20-7-8-24-17(20)19-14/h2-8,10,12H,9,11H2,1H3,(H,18,21)/t12-/m1/s1. The van der Waals surface area contributed by atoms with Gasteiger partial charge in [-0.2, -0.15) is 0 Å². The average molecular weight is 343 g/mol. The van der Waals surface area contributed by atoms with Crippen LogP contribution in [-0.2, 0) is 20.7 Å². The molecule has 0 aliphatic carbocycles. The first-order valence-electron chi connectivity index (χ1n) is 7.53. The molecule has 1 amide bonds. The van der Waals surface area contributed by atoms with Crippen LogP contribution in [0, 0.1) is 0 Å². The molecule has 124 valence electrons. The quantitative estimate of drug-likeness (QED) is 0.698. The highest BCUT2D eigenvalue weighted by molar-refractivity contribution is 7.15. The molecular weight excluding hydrogens is 326 g/mol. The lowest BCUT2D eigenvalue weighted by Gasteiger charge is -2.14. The first-order valence-corrected chi connectivity index (χ1v) is 8.41. The van der Waals surface area contributed by atoms with Gasteiger partial charge in [-0.05, 0) is 12.5 Å². The first kappa shape index (κ1) is 16.2. The van der Waals surface area contributed by atoms with Gasteiger partial charge in [0.15, 0.2) is 11.6 Å². The lowest BCUT2D eigenvalue weighted by Crippen LogP contribution is -2.31. The Balaban J connectivity index is 1.45. The third kappa shape index (κ3) is 3.99. The van der Waals surface area contributed by atoms with Gasteiger partial charge in [-0.1, -0.05) is 30.3 Å². The highest BCUT2D eigenvalue weighted by atomic mass is 32.1. The zero-order chi connectivity index (χ0) is 16.9. The van der Waals surface area contributed by atoms with E-state index in [1.165, 1.54) is 11.3 Å². The molecule has 0 aliphatic rings. The van der Waals surface area contributed by atoms with Crippen LogP contribution in [0.15, 0.2) is 48.1 Å². The number of benzene rings is 1. The normalized spacial score (nSPS) is 12.0. The molecule has 1 N–H and O–H groups in total. The van der Waals surface area contributed by atoms with Gasteiger partial charge in [0.2, 0.25) is 0 Å². The Labute approximate surface area is 143 Å². The highest BCUT2D eigenvalue weighted by Gasteiger charge is 2.13. The van der Waals surface area contributed by atoms with Crippen molar-refractivity contribution in [3.8, 4) is 0 Å². The number of amides is 1. The van der Waals surface area contributed by atoms with E-state index in [1.807, 2.05) is 53.2 Å². The molecule has 0 spiro atoms. The van der Waals surface area contributed by atoms with Gasteiger partial charge in [-0.25, -0.2) is 4.98 Å². The van der Waals surface area contributed by atoms with Gasteiger partial charge in [0.25, 0.3) is 5.91 Å². The summed E-state index contributed by atoms with van der Waals surface area (Å²) < 4.78 is 6.87. The Morgan fingerprint density at radius 1 is 1.33 bits per heavy atom. The van der Waals surface area contributed by atoms with Crippen molar-refractivity contribution in [3.63, 3.8) is 0 Å². The molecule has 1 atom stereocenters. The van der Waals surface area contributed by atoms with E-state index in [0.29, 0.717) is 5.69 Å². The van der Waals surface area contributed by atoms with Gasteiger partial charge >= 0.3 is 5.97 Å². The van der Waals surface area contributed by atoms with E-state index in [2.05, 4.69) is 10.3 Å². The number of aromatic nitrogens is 2. The van der Waals surface area contributed by atoms with E-state index >= 15 is 0 Å². The van der Waals surface area contributed by atoms with Crippen molar-refractivity contribution in [2.24, 2.45) is 0 Å². The van der Waals surface area contributed by atoms with Crippen molar-refractivity contribution in [2.75, 3.05) is 6.61 Å². The Bertz CT molecular complexity index is 813. The second kappa shape index (κ2) is 7.27. The fraction of sp³-hybridized carbons (Fsp3) is 0.235. The molecule has 0 saturated carbocycles. The summed E-state index contributed by atoms with van der Waals surface area (Å²) in [4.78, 5) is 28.8. The second-order valence-corrected chi connectivity index (χ2v) is 6.24. The van der Waals surface area contributed by atoms with Gasteiger partial charge in [-0.15, -0.1) is 11.3 Å². The second-order valence-electron chi connectivity index (χ2n) is 5.36. The number of carbonyl (C=O) groups is 2. The average Bonchev–Trinajstić information content (AvgIpc) is 3.15. The molecule has 0 saturated heterocycles. The molecule has 0 bridgehead atoms. The van der Waals surface area contributed by atoms with Crippen LogP contribution in [0.2, 0.25) is 0 Å². The Kier molecular flexibility index (Phi) is 4.90. The van der Waals surface area contributed by atoms with Gasteiger partial charge in [0.1, 0.15) is 0 Å². The van der Waals surface area contributed by atoms with Crippen LogP contribution in [0.4, 0.5) is 0 Å². The largest absolute Gasteiger partial charge is 0.455 e. The number of hydrogen-bond donors (Lipinski definition) is 1. The summed E-state index contributed by atoms with van der Waals surface area (Å²) in [6, 6.07) is 9.46. The third-order valence-electron chi connectivity index (χ3n) is 3.51. The topological polar surface area (TPSA) is 72.7 Å². The molecule has 2 aromatic heterocycles. The number of rotatable bonds is 6. The molecule has 0 fully saturated rings. The Hall–Kier alpha value is -2.67. The van der Waals surface area contributed by atoms with Crippen molar-refractivity contribution < 1.29 is 14.3 Å². The van der Waals surface area contributed by atoms with Gasteiger partial charge in [0.05, 0.1) is 18.2 Å². The SMILES string of the molecule is C[C@@H](NC(=O)COC(=O)Cc1cn2ccsc2n1)c1ccccc1. The molecule has 2 heterocycles. The molecule has 7 heteroatoms. The lowest BCUT2D eigenvalue weighted by molar-refractivity contribution is -0.148. The predicted molar refractivity (Wildman–Crippen MR) is 90.7 cm³/mol. The molecule has 1 aromatic carbocycles. The van der Waals surface area contributed by atoms with Crippen LogP contribution < -0.4 is 5.32 Å². The number of nitrogens with zero attached hydrogens (tertiary/aromatic N) is 2. The van der Waals surface area contributed by atoms with Crippen LogP contribution in [0.1, 0.15) is 24.2 Å². The molecule has 3 aromatic rings. The number of ether oxygens (including phenoxy) is 1. The molecule has 0 unspecified atom stereocenters. The molecule has 0 radical (unpaired) electrons. The number of carbonyl (C=O) groups excluding carboxylic acids is 2. The minimum Gasteiger partial charge on any atom is -0.455 e. The van der Waals surface area contributed by atoms with Crippen LogP contribution >= 0.6 is 11.3 Å². The van der Waals surface area contributed by atoms with Crippen LogP contribution in [0.3, 0.4) is 0 Å². The fourth-order valence-corrected chi connectivity index (χ4v) is 3.03. The van der Waals surface area contributed by atoms with Crippen molar-refractivity contribution in [3.05, 3.63) is 59.4 Å². The van der Waals surface area contributed by atoms with E-state index < -0.39 is 5.97 Å².